The van der Waals surface area contributed by atoms with Crippen LogP contribution >= 0.6 is 0 Å². The smallest absolute Gasteiger partial charge is 0.161 e. The summed E-state index contributed by atoms with van der Waals surface area (Å²) in [4.78, 5) is 16.8. The number of aromatic amines is 1. The van der Waals surface area contributed by atoms with Gasteiger partial charge in [0.15, 0.2) is 5.78 Å². The van der Waals surface area contributed by atoms with Crippen LogP contribution in [0.5, 0.6) is 0 Å². The molecule has 1 N–H and O–H groups in total. The molecule has 22 heavy (non-hydrogen) atoms. The molecule has 2 aromatic rings. The highest BCUT2D eigenvalue weighted by Crippen LogP contribution is 2.44. The number of allylic oxidation sites excluding steroid dienone is 2. The molecule has 4 rings (SSSR count). The van der Waals surface area contributed by atoms with Gasteiger partial charge in [0.1, 0.15) is 0 Å². The number of rotatable bonds is 1. The SMILES string of the molecule is CC1=NC2=C(C(=O)CC2)C(c2ccc3[nH]ncc3c2)C1C#N. The standard InChI is InChI=1S/C17H14N4O/c1-9-12(7-18)16(17-14(20-9)4-5-15(17)22)10-2-3-13-11(6-10)8-19-21-13/h2-3,6,8,12,16H,4-5H2,1H3,(H,19,21). The molecule has 108 valence electrons. The Morgan fingerprint density at radius 2 is 2.23 bits per heavy atom. The van der Waals surface area contributed by atoms with Crippen molar-refractivity contribution in [3.8, 4) is 6.07 Å². The van der Waals surface area contributed by atoms with Gasteiger partial charge >= 0.3 is 0 Å². The number of ketones is 1. The molecule has 1 aromatic heterocycles. The van der Waals surface area contributed by atoms with E-state index < -0.39 is 0 Å². The molecule has 1 aliphatic heterocycles. The highest BCUT2D eigenvalue weighted by atomic mass is 16.1. The van der Waals surface area contributed by atoms with E-state index in [1.807, 2.05) is 25.1 Å². The van der Waals surface area contributed by atoms with E-state index in [9.17, 15) is 10.1 Å². The third-order valence-electron chi connectivity index (χ3n) is 4.57. The fourth-order valence-electron chi connectivity index (χ4n) is 3.50. The number of aliphatic imine (C=N–C) groups is 1. The van der Waals surface area contributed by atoms with Gasteiger partial charge in [-0.25, -0.2) is 0 Å². The second kappa shape index (κ2) is 4.63. The molecule has 5 nitrogen and oxygen atoms in total. The molecular formula is C17H14N4O. The van der Waals surface area contributed by atoms with Crippen LogP contribution in [0.4, 0.5) is 0 Å². The molecule has 2 atom stereocenters. The number of nitrogens with zero attached hydrogens (tertiary/aromatic N) is 3. The van der Waals surface area contributed by atoms with Gasteiger partial charge in [0.2, 0.25) is 0 Å². The van der Waals surface area contributed by atoms with Gasteiger partial charge < -0.3 is 0 Å². The average Bonchev–Trinajstić information content (AvgIpc) is 3.12. The average molecular weight is 290 g/mol. The van der Waals surface area contributed by atoms with E-state index in [2.05, 4.69) is 21.3 Å². The van der Waals surface area contributed by atoms with Crippen molar-refractivity contribution in [2.24, 2.45) is 10.9 Å². The number of nitriles is 1. The molecule has 1 aromatic carbocycles. The topological polar surface area (TPSA) is 81.9 Å². The van der Waals surface area contributed by atoms with Gasteiger partial charge in [0.25, 0.3) is 0 Å². The zero-order valence-corrected chi connectivity index (χ0v) is 12.1. The van der Waals surface area contributed by atoms with Crippen molar-refractivity contribution >= 4 is 22.4 Å². The van der Waals surface area contributed by atoms with Crippen LogP contribution in [0, 0.1) is 17.2 Å². The van der Waals surface area contributed by atoms with Crippen molar-refractivity contribution in [1.29, 1.82) is 5.26 Å². The van der Waals surface area contributed by atoms with E-state index >= 15 is 0 Å². The van der Waals surface area contributed by atoms with Gasteiger partial charge in [-0.1, -0.05) is 6.07 Å². The lowest BCUT2D eigenvalue weighted by atomic mass is 9.76. The Morgan fingerprint density at radius 3 is 3.05 bits per heavy atom. The largest absolute Gasteiger partial charge is 0.294 e. The third-order valence-corrected chi connectivity index (χ3v) is 4.57. The summed E-state index contributed by atoms with van der Waals surface area (Å²) in [6.07, 6.45) is 2.95. The first kappa shape index (κ1) is 13.0. The second-order valence-electron chi connectivity index (χ2n) is 5.84. The van der Waals surface area contributed by atoms with Crippen LogP contribution in [0.3, 0.4) is 0 Å². The lowest BCUT2D eigenvalue weighted by Crippen LogP contribution is -2.26. The summed E-state index contributed by atoms with van der Waals surface area (Å²) in [5.74, 6) is -0.472. The van der Waals surface area contributed by atoms with Crippen molar-refractivity contribution < 1.29 is 4.79 Å². The molecule has 0 fully saturated rings. The number of Topliss-reactive ketones (excluding diaryl/α,β-unsaturated/α-hetero) is 1. The second-order valence-corrected chi connectivity index (χ2v) is 5.84. The van der Waals surface area contributed by atoms with Crippen LogP contribution in [0.15, 0.2) is 40.7 Å². The van der Waals surface area contributed by atoms with Crippen molar-refractivity contribution in [2.75, 3.05) is 0 Å². The van der Waals surface area contributed by atoms with Gasteiger partial charge in [-0.15, -0.1) is 0 Å². The Labute approximate surface area is 127 Å². The summed E-state index contributed by atoms with van der Waals surface area (Å²) in [5, 5.41) is 17.5. The summed E-state index contributed by atoms with van der Waals surface area (Å²) in [7, 11) is 0. The monoisotopic (exact) mass is 290 g/mol. The van der Waals surface area contributed by atoms with E-state index in [0.29, 0.717) is 12.8 Å². The van der Waals surface area contributed by atoms with Crippen molar-refractivity contribution in [3.05, 3.63) is 41.2 Å². The van der Waals surface area contributed by atoms with Crippen molar-refractivity contribution in [3.63, 3.8) is 0 Å². The number of H-pyrrole nitrogens is 1. The zero-order chi connectivity index (χ0) is 15.3. The molecule has 0 spiro atoms. The van der Waals surface area contributed by atoms with Crippen LogP contribution < -0.4 is 0 Å². The third kappa shape index (κ3) is 1.74. The molecule has 0 radical (unpaired) electrons. The maximum atomic E-state index is 12.3. The quantitative estimate of drug-likeness (QED) is 0.876. The van der Waals surface area contributed by atoms with E-state index in [-0.39, 0.29) is 17.6 Å². The minimum atomic E-state index is -0.384. The molecule has 5 heteroatoms. The van der Waals surface area contributed by atoms with Crippen LogP contribution in [0.25, 0.3) is 10.9 Å². The Morgan fingerprint density at radius 1 is 1.36 bits per heavy atom. The van der Waals surface area contributed by atoms with Crippen molar-refractivity contribution in [1.82, 2.24) is 10.2 Å². The Kier molecular flexibility index (Phi) is 2.73. The Bertz CT molecular complexity index is 897. The molecule has 2 aliphatic rings. The minimum absolute atomic E-state index is 0.129. The van der Waals surface area contributed by atoms with Gasteiger partial charge in [-0.2, -0.15) is 10.4 Å². The number of aromatic nitrogens is 2. The first-order valence-corrected chi connectivity index (χ1v) is 7.33. The number of hydrogen-bond donors (Lipinski definition) is 1. The normalized spacial score (nSPS) is 24.4. The van der Waals surface area contributed by atoms with Gasteiger partial charge in [0.05, 0.1) is 23.7 Å². The first-order valence-electron chi connectivity index (χ1n) is 7.33. The minimum Gasteiger partial charge on any atom is -0.294 e. The maximum Gasteiger partial charge on any atom is 0.161 e. The summed E-state index contributed by atoms with van der Waals surface area (Å²) >= 11 is 0. The van der Waals surface area contributed by atoms with Gasteiger partial charge in [0, 0.05) is 34.7 Å². The maximum absolute atomic E-state index is 12.3. The fraction of sp³-hybridized carbons (Fsp3) is 0.294. The number of hydrogen-bond acceptors (Lipinski definition) is 4. The van der Waals surface area contributed by atoms with E-state index in [1.54, 1.807) is 6.20 Å². The summed E-state index contributed by atoms with van der Waals surface area (Å²) < 4.78 is 0. The highest BCUT2D eigenvalue weighted by Gasteiger charge is 2.40. The van der Waals surface area contributed by atoms with E-state index in [1.165, 1.54) is 0 Å². The lowest BCUT2D eigenvalue weighted by molar-refractivity contribution is -0.115. The lowest BCUT2D eigenvalue weighted by Gasteiger charge is -2.27. The van der Waals surface area contributed by atoms with Crippen LogP contribution in [-0.2, 0) is 4.79 Å². The predicted octanol–water partition coefficient (Wildman–Crippen LogP) is 2.88. The summed E-state index contributed by atoms with van der Waals surface area (Å²) in [5.41, 5.74) is 4.34. The number of benzene rings is 1. The first-order chi connectivity index (χ1) is 10.7. The van der Waals surface area contributed by atoms with Gasteiger partial charge in [-0.05, 0) is 31.0 Å². The zero-order valence-electron chi connectivity index (χ0n) is 12.1. The number of nitrogens with one attached hydrogen (secondary N) is 1. The predicted molar refractivity (Wildman–Crippen MR) is 82.3 cm³/mol. The van der Waals surface area contributed by atoms with Crippen LogP contribution in [0.2, 0.25) is 0 Å². The summed E-state index contributed by atoms with van der Waals surface area (Å²) in [6, 6.07) is 8.28. The molecule has 1 aliphatic carbocycles. The molecule has 0 saturated heterocycles. The molecule has 0 saturated carbocycles. The van der Waals surface area contributed by atoms with Gasteiger partial charge in [-0.3, -0.25) is 14.9 Å². The Hall–Kier alpha value is -2.74. The van der Waals surface area contributed by atoms with Crippen LogP contribution in [-0.4, -0.2) is 21.7 Å². The highest BCUT2D eigenvalue weighted by molar-refractivity contribution is 6.04. The number of carbonyl (C=O) groups is 1. The number of fused-ring (bicyclic) bond motifs is 1. The van der Waals surface area contributed by atoms with E-state index in [0.717, 1.165) is 33.4 Å². The molecular weight excluding hydrogens is 276 g/mol. The van der Waals surface area contributed by atoms with E-state index in [4.69, 9.17) is 0 Å². The Balaban J connectivity index is 1.91. The van der Waals surface area contributed by atoms with Crippen molar-refractivity contribution in [2.45, 2.75) is 25.7 Å². The molecule has 2 unspecified atom stereocenters. The molecule has 0 bridgehead atoms. The summed E-state index contributed by atoms with van der Waals surface area (Å²) in [6.45, 7) is 1.88. The number of carbonyl (C=O) groups excluding carboxylic acids is 1. The molecule has 2 heterocycles. The van der Waals surface area contributed by atoms with Crippen LogP contribution in [0.1, 0.15) is 31.2 Å². The molecule has 0 amide bonds. The fourth-order valence-corrected chi connectivity index (χ4v) is 3.50.